The van der Waals surface area contributed by atoms with Crippen LogP contribution in [0, 0.1) is 6.92 Å². The third-order valence-corrected chi connectivity index (χ3v) is 6.97. The minimum Gasteiger partial charge on any atom is -0.353 e. The Labute approximate surface area is 165 Å². The summed E-state index contributed by atoms with van der Waals surface area (Å²) in [7, 11) is -3.96. The van der Waals surface area contributed by atoms with Gasteiger partial charge in [0.05, 0.1) is 11.3 Å². The fourth-order valence-electron chi connectivity index (χ4n) is 3.50. The Bertz CT molecular complexity index is 858. The molecule has 0 bridgehead atoms. The molecule has 1 saturated carbocycles. The maximum Gasteiger partial charge on any atom is 0.264 e. The molecule has 1 fully saturated rings. The average molecular weight is 407 g/mol. The lowest BCUT2D eigenvalue weighted by atomic mass is 9.91. The summed E-state index contributed by atoms with van der Waals surface area (Å²) in [5.74, 6) is -0.876. The van der Waals surface area contributed by atoms with Gasteiger partial charge in [-0.2, -0.15) is 0 Å². The molecule has 3 rings (SSSR count). The Hall–Kier alpha value is -2.39. The molecule has 1 aromatic carbocycles. The smallest absolute Gasteiger partial charge is 0.264 e. The molecule has 152 valence electrons. The molecule has 1 aliphatic heterocycles. The van der Waals surface area contributed by atoms with Crippen molar-refractivity contribution in [1.29, 1.82) is 0 Å². The maximum absolute atomic E-state index is 13.0. The van der Waals surface area contributed by atoms with Crippen molar-refractivity contribution in [1.82, 2.24) is 14.9 Å². The van der Waals surface area contributed by atoms with Crippen molar-refractivity contribution < 1.29 is 18.0 Å². The van der Waals surface area contributed by atoms with E-state index in [-0.39, 0.29) is 29.3 Å². The number of rotatable bonds is 5. The fourth-order valence-corrected chi connectivity index (χ4v) is 4.95. The number of carbonyl (C=O) groups excluding carboxylic acids is 2. The monoisotopic (exact) mass is 406 g/mol. The summed E-state index contributed by atoms with van der Waals surface area (Å²) in [6.45, 7) is 1.86. The second kappa shape index (κ2) is 8.32. The number of sulfonamides is 1. The molecule has 0 radical (unpaired) electrons. The van der Waals surface area contributed by atoms with Gasteiger partial charge in [0.15, 0.2) is 0 Å². The molecule has 2 amide bonds. The van der Waals surface area contributed by atoms with Crippen LogP contribution < -0.4 is 16.4 Å². The van der Waals surface area contributed by atoms with Crippen LogP contribution in [0.3, 0.4) is 0 Å². The molecule has 1 aromatic rings. The Morgan fingerprint density at radius 2 is 1.86 bits per heavy atom. The molecule has 0 aromatic heterocycles. The van der Waals surface area contributed by atoms with E-state index < -0.39 is 22.0 Å². The summed E-state index contributed by atoms with van der Waals surface area (Å²) < 4.78 is 27.0. The van der Waals surface area contributed by atoms with E-state index in [1.54, 1.807) is 12.1 Å². The molecule has 8 nitrogen and oxygen atoms in total. The van der Waals surface area contributed by atoms with Crippen LogP contribution >= 0.6 is 0 Å². The van der Waals surface area contributed by atoms with Crippen LogP contribution in [0.1, 0.15) is 37.7 Å². The Balaban J connectivity index is 1.74. The first-order valence-electron chi connectivity index (χ1n) is 9.39. The van der Waals surface area contributed by atoms with Crippen LogP contribution in [-0.2, 0) is 19.6 Å². The van der Waals surface area contributed by atoms with Crippen LogP contribution in [0.25, 0.3) is 0 Å². The highest BCUT2D eigenvalue weighted by molar-refractivity contribution is 7.89. The van der Waals surface area contributed by atoms with Crippen molar-refractivity contribution in [2.24, 2.45) is 5.73 Å². The number of benzene rings is 1. The number of aryl methyl sites for hydroxylation is 1. The molecule has 1 aliphatic carbocycles. The van der Waals surface area contributed by atoms with Crippen molar-refractivity contribution >= 4 is 21.8 Å². The summed E-state index contributed by atoms with van der Waals surface area (Å²) >= 11 is 0. The predicted molar refractivity (Wildman–Crippen MR) is 104 cm³/mol. The lowest BCUT2D eigenvalue weighted by molar-refractivity contribution is -0.129. The number of hydrogen-bond acceptors (Lipinski definition) is 5. The molecule has 1 heterocycles. The van der Waals surface area contributed by atoms with Crippen molar-refractivity contribution in [3.05, 3.63) is 42.2 Å². The Morgan fingerprint density at radius 3 is 2.50 bits per heavy atom. The third-order valence-electron chi connectivity index (χ3n) is 5.17. The largest absolute Gasteiger partial charge is 0.353 e. The minimum atomic E-state index is -3.96. The van der Waals surface area contributed by atoms with Gasteiger partial charge in [0.1, 0.15) is 6.04 Å². The Kier molecular flexibility index (Phi) is 6.04. The molecule has 2 aliphatic rings. The summed E-state index contributed by atoms with van der Waals surface area (Å²) in [5.41, 5.74) is 6.80. The summed E-state index contributed by atoms with van der Waals surface area (Å²) in [5, 5.41) is 5.39. The Morgan fingerprint density at radius 1 is 1.21 bits per heavy atom. The van der Waals surface area contributed by atoms with Crippen LogP contribution in [0.15, 0.2) is 41.6 Å². The molecule has 0 unspecified atom stereocenters. The van der Waals surface area contributed by atoms with Crippen molar-refractivity contribution in [3.63, 3.8) is 0 Å². The lowest BCUT2D eigenvalue weighted by Crippen LogP contribution is -2.52. The van der Waals surface area contributed by atoms with Crippen molar-refractivity contribution in [2.45, 2.75) is 62.0 Å². The standard InChI is InChI=1S/C19H26N4O4S/c1-13-2-8-16(9-3-13)28(26,27)23-11-10-21-19(25)17(23)12-18(24)22-15-6-4-14(20)5-7-15/h2-3,8-11,14-15,17H,4-7,12,20H2,1H3,(H,21,25)(H,22,24)/t14-,15-,17-/m1/s1. The van der Waals surface area contributed by atoms with Gasteiger partial charge < -0.3 is 16.4 Å². The number of nitrogens with one attached hydrogen (secondary N) is 2. The highest BCUT2D eigenvalue weighted by atomic mass is 32.2. The molecule has 0 saturated heterocycles. The van der Waals surface area contributed by atoms with Crippen molar-refractivity contribution in [3.8, 4) is 0 Å². The van der Waals surface area contributed by atoms with Gasteiger partial charge in [0, 0.05) is 24.5 Å². The molecular formula is C19H26N4O4S. The van der Waals surface area contributed by atoms with Crippen LogP contribution in [0.5, 0.6) is 0 Å². The first kappa shape index (κ1) is 20.3. The number of amides is 2. The minimum absolute atomic E-state index is 0.0108. The first-order valence-corrected chi connectivity index (χ1v) is 10.8. The van der Waals surface area contributed by atoms with E-state index in [1.807, 2.05) is 6.92 Å². The van der Waals surface area contributed by atoms with Gasteiger partial charge >= 0.3 is 0 Å². The summed E-state index contributed by atoms with van der Waals surface area (Å²) in [6.07, 6.45) is 5.56. The third kappa shape index (κ3) is 4.53. The zero-order valence-corrected chi connectivity index (χ0v) is 16.6. The van der Waals surface area contributed by atoms with Gasteiger partial charge in [0.25, 0.3) is 10.0 Å². The summed E-state index contributed by atoms with van der Waals surface area (Å²) in [6, 6.07) is 5.41. The molecule has 28 heavy (non-hydrogen) atoms. The molecule has 1 atom stereocenters. The SMILES string of the molecule is Cc1ccc(S(=O)(=O)N2C=CNC(=O)[C@H]2CC(=O)N[C@H]2CC[C@H](N)CC2)cc1. The van der Waals surface area contributed by atoms with E-state index in [9.17, 15) is 18.0 Å². The summed E-state index contributed by atoms with van der Waals surface area (Å²) in [4.78, 5) is 24.9. The van der Waals surface area contributed by atoms with Crippen LogP contribution in [0.4, 0.5) is 0 Å². The highest BCUT2D eigenvalue weighted by Crippen LogP contribution is 2.23. The first-order chi connectivity index (χ1) is 13.3. The molecule has 9 heteroatoms. The van der Waals surface area contributed by atoms with E-state index in [1.165, 1.54) is 24.5 Å². The number of carbonyl (C=O) groups is 2. The normalized spacial score (nSPS) is 25.3. The molecular weight excluding hydrogens is 380 g/mol. The van der Waals surface area contributed by atoms with E-state index in [2.05, 4.69) is 10.6 Å². The van der Waals surface area contributed by atoms with Crippen LogP contribution in [0.2, 0.25) is 0 Å². The quantitative estimate of drug-likeness (QED) is 0.666. The molecule has 4 N–H and O–H groups in total. The van der Waals surface area contributed by atoms with Gasteiger partial charge in [-0.25, -0.2) is 8.42 Å². The van der Waals surface area contributed by atoms with Gasteiger partial charge in [0.2, 0.25) is 11.8 Å². The van der Waals surface area contributed by atoms with E-state index in [0.29, 0.717) is 0 Å². The van der Waals surface area contributed by atoms with Crippen molar-refractivity contribution in [2.75, 3.05) is 0 Å². The number of nitrogens with zero attached hydrogens (tertiary/aromatic N) is 1. The maximum atomic E-state index is 13.0. The topological polar surface area (TPSA) is 122 Å². The van der Waals surface area contributed by atoms with Gasteiger partial charge in [-0.3, -0.25) is 13.9 Å². The fraction of sp³-hybridized carbons (Fsp3) is 0.474. The second-order valence-corrected chi connectivity index (χ2v) is 9.21. The second-order valence-electron chi connectivity index (χ2n) is 7.37. The van der Waals surface area contributed by atoms with E-state index in [4.69, 9.17) is 5.73 Å². The average Bonchev–Trinajstić information content (AvgIpc) is 2.65. The number of nitrogens with two attached hydrogens (primary N) is 1. The van der Waals surface area contributed by atoms with E-state index in [0.717, 1.165) is 35.6 Å². The zero-order chi connectivity index (χ0) is 20.3. The zero-order valence-electron chi connectivity index (χ0n) is 15.8. The lowest BCUT2D eigenvalue weighted by Gasteiger charge is -2.32. The highest BCUT2D eigenvalue weighted by Gasteiger charge is 2.37. The number of hydrogen-bond donors (Lipinski definition) is 3. The van der Waals surface area contributed by atoms with Gasteiger partial charge in [-0.1, -0.05) is 17.7 Å². The van der Waals surface area contributed by atoms with Gasteiger partial charge in [-0.05, 0) is 44.7 Å². The van der Waals surface area contributed by atoms with Crippen LogP contribution in [-0.4, -0.2) is 42.7 Å². The molecule has 0 spiro atoms. The van der Waals surface area contributed by atoms with Gasteiger partial charge in [-0.15, -0.1) is 0 Å². The van der Waals surface area contributed by atoms with E-state index >= 15 is 0 Å². The predicted octanol–water partition coefficient (Wildman–Crippen LogP) is 0.732.